The molecule has 0 bridgehead atoms. The van der Waals surface area contributed by atoms with Gasteiger partial charge in [-0.1, -0.05) is 6.07 Å². The number of ether oxygens (including phenoxy) is 1. The Morgan fingerprint density at radius 1 is 1.16 bits per heavy atom. The van der Waals surface area contributed by atoms with Gasteiger partial charge in [0.15, 0.2) is 0 Å². The first-order valence-electron chi connectivity index (χ1n) is 7.03. The van der Waals surface area contributed by atoms with E-state index >= 15 is 0 Å². The van der Waals surface area contributed by atoms with Crippen LogP contribution in [-0.2, 0) is 11.2 Å². The van der Waals surface area contributed by atoms with Gasteiger partial charge in [-0.15, -0.1) is 0 Å². The van der Waals surface area contributed by atoms with Gasteiger partial charge in [0.05, 0.1) is 13.5 Å². The molecule has 0 N–H and O–H groups in total. The minimum atomic E-state index is 0.223. The summed E-state index contributed by atoms with van der Waals surface area (Å²) in [6.45, 7) is 5.95. The van der Waals surface area contributed by atoms with Gasteiger partial charge in [0.2, 0.25) is 5.91 Å². The highest BCUT2D eigenvalue weighted by atomic mass is 16.5. The number of likely N-dealkylation sites (tertiary alicyclic amines) is 1. The van der Waals surface area contributed by atoms with Gasteiger partial charge in [0.25, 0.3) is 0 Å². The predicted octanol–water partition coefficient (Wildman–Crippen LogP) is 2.87. The van der Waals surface area contributed by atoms with E-state index in [0.29, 0.717) is 6.42 Å². The average Bonchev–Trinajstić information content (AvgIpc) is 2.43. The van der Waals surface area contributed by atoms with Crippen LogP contribution in [0.2, 0.25) is 0 Å². The van der Waals surface area contributed by atoms with E-state index in [1.54, 1.807) is 7.11 Å². The molecule has 0 radical (unpaired) electrons. The van der Waals surface area contributed by atoms with Gasteiger partial charge in [-0.25, -0.2) is 0 Å². The quantitative estimate of drug-likeness (QED) is 0.837. The Morgan fingerprint density at radius 2 is 1.79 bits per heavy atom. The van der Waals surface area contributed by atoms with Crippen molar-refractivity contribution in [1.82, 2.24) is 4.90 Å². The Bertz CT molecular complexity index is 462. The highest BCUT2D eigenvalue weighted by Gasteiger charge is 2.18. The third kappa shape index (κ3) is 3.28. The molecule has 0 aromatic heterocycles. The van der Waals surface area contributed by atoms with E-state index < -0.39 is 0 Å². The van der Waals surface area contributed by atoms with Crippen molar-refractivity contribution >= 4 is 5.91 Å². The van der Waals surface area contributed by atoms with Crippen LogP contribution in [0.15, 0.2) is 12.1 Å². The maximum atomic E-state index is 12.3. The average molecular weight is 261 g/mol. The van der Waals surface area contributed by atoms with E-state index in [1.165, 1.54) is 17.5 Å². The zero-order valence-corrected chi connectivity index (χ0v) is 12.2. The van der Waals surface area contributed by atoms with E-state index in [1.807, 2.05) is 11.0 Å². The summed E-state index contributed by atoms with van der Waals surface area (Å²) in [5, 5.41) is 0. The molecule has 1 amide bonds. The summed E-state index contributed by atoms with van der Waals surface area (Å²) in [6.07, 6.45) is 3.96. The second-order valence-electron chi connectivity index (χ2n) is 5.37. The van der Waals surface area contributed by atoms with Crippen LogP contribution < -0.4 is 4.74 Å². The zero-order chi connectivity index (χ0) is 13.8. The van der Waals surface area contributed by atoms with Crippen molar-refractivity contribution in [1.29, 1.82) is 0 Å². The molecule has 104 valence electrons. The molecular formula is C16H23NO2. The predicted molar refractivity (Wildman–Crippen MR) is 76.6 cm³/mol. The molecule has 1 saturated heterocycles. The second kappa shape index (κ2) is 6.09. The highest BCUT2D eigenvalue weighted by molar-refractivity contribution is 5.79. The molecule has 19 heavy (non-hydrogen) atoms. The molecule has 0 unspecified atom stereocenters. The number of hydrogen-bond acceptors (Lipinski definition) is 2. The van der Waals surface area contributed by atoms with Crippen LogP contribution in [0.4, 0.5) is 0 Å². The fourth-order valence-corrected chi connectivity index (χ4v) is 2.60. The van der Waals surface area contributed by atoms with Crippen molar-refractivity contribution in [2.75, 3.05) is 20.2 Å². The first-order valence-corrected chi connectivity index (χ1v) is 7.03. The number of piperidine rings is 1. The summed E-state index contributed by atoms with van der Waals surface area (Å²) in [5.74, 6) is 1.05. The van der Waals surface area contributed by atoms with Crippen LogP contribution in [-0.4, -0.2) is 31.0 Å². The van der Waals surface area contributed by atoms with Crippen molar-refractivity contribution in [3.8, 4) is 5.75 Å². The molecule has 3 nitrogen and oxygen atoms in total. The second-order valence-corrected chi connectivity index (χ2v) is 5.37. The summed E-state index contributed by atoms with van der Waals surface area (Å²) in [5.41, 5.74) is 3.41. The van der Waals surface area contributed by atoms with Gasteiger partial charge in [-0.05, 0) is 50.3 Å². The van der Waals surface area contributed by atoms with Gasteiger partial charge >= 0.3 is 0 Å². The van der Waals surface area contributed by atoms with Gasteiger partial charge in [0, 0.05) is 18.7 Å². The number of nitrogens with zero attached hydrogens (tertiary/aromatic N) is 1. The molecule has 2 rings (SSSR count). The summed E-state index contributed by atoms with van der Waals surface area (Å²) in [4.78, 5) is 14.3. The van der Waals surface area contributed by atoms with E-state index in [-0.39, 0.29) is 5.91 Å². The molecule has 1 heterocycles. The molecule has 1 aromatic rings. The number of rotatable bonds is 3. The normalized spacial score (nSPS) is 15.4. The summed E-state index contributed by atoms with van der Waals surface area (Å²) in [7, 11) is 1.67. The first-order chi connectivity index (χ1) is 9.11. The number of aryl methyl sites for hydroxylation is 2. The minimum Gasteiger partial charge on any atom is -0.496 e. The maximum Gasteiger partial charge on any atom is 0.227 e. The van der Waals surface area contributed by atoms with Crippen molar-refractivity contribution < 1.29 is 9.53 Å². The topological polar surface area (TPSA) is 29.5 Å². The Labute approximate surface area is 115 Å². The van der Waals surface area contributed by atoms with Crippen molar-refractivity contribution in [3.63, 3.8) is 0 Å². The van der Waals surface area contributed by atoms with Crippen molar-refractivity contribution in [2.45, 2.75) is 39.5 Å². The van der Waals surface area contributed by atoms with E-state index in [0.717, 1.165) is 37.2 Å². The standard InChI is InChI=1S/C16H23NO2/c1-12-9-14(15(19-3)10-13(12)2)11-16(18)17-7-5-4-6-8-17/h9-10H,4-8,11H2,1-3H3. The lowest BCUT2D eigenvalue weighted by Gasteiger charge is -2.27. The summed E-state index contributed by atoms with van der Waals surface area (Å²) < 4.78 is 5.40. The summed E-state index contributed by atoms with van der Waals surface area (Å²) in [6, 6.07) is 4.10. The molecule has 0 aliphatic carbocycles. The number of benzene rings is 1. The van der Waals surface area contributed by atoms with E-state index in [9.17, 15) is 4.79 Å². The largest absolute Gasteiger partial charge is 0.496 e. The number of hydrogen-bond donors (Lipinski definition) is 0. The first kappa shape index (κ1) is 13.9. The number of carbonyl (C=O) groups is 1. The van der Waals surface area contributed by atoms with Gasteiger partial charge < -0.3 is 9.64 Å². The fraction of sp³-hybridized carbons (Fsp3) is 0.562. The van der Waals surface area contributed by atoms with E-state index in [2.05, 4.69) is 19.9 Å². The molecule has 1 fully saturated rings. The maximum absolute atomic E-state index is 12.3. The molecule has 1 aliphatic rings. The number of amides is 1. The smallest absolute Gasteiger partial charge is 0.227 e. The molecule has 1 aromatic carbocycles. The van der Waals surface area contributed by atoms with Gasteiger partial charge in [-0.2, -0.15) is 0 Å². The van der Waals surface area contributed by atoms with Crippen LogP contribution in [0.5, 0.6) is 5.75 Å². The lowest BCUT2D eigenvalue weighted by atomic mass is 10.0. The monoisotopic (exact) mass is 261 g/mol. The lowest BCUT2D eigenvalue weighted by molar-refractivity contribution is -0.131. The van der Waals surface area contributed by atoms with Gasteiger partial charge in [-0.3, -0.25) is 4.79 Å². The van der Waals surface area contributed by atoms with Gasteiger partial charge in [0.1, 0.15) is 5.75 Å². The third-order valence-corrected chi connectivity index (χ3v) is 3.95. The van der Waals surface area contributed by atoms with Crippen LogP contribution in [0.1, 0.15) is 36.0 Å². The Morgan fingerprint density at radius 3 is 2.42 bits per heavy atom. The van der Waals surface area contributed by atoms with E-state index in [4.69, 9.17) is 4.74 Å². The van der Waals surface area contributed by atoms with Crippen molar-refractivity contribution in [3.05, 3.63) is 28.8 Å². The van der Waals surface area contributed by atoms with Crippen LogP contribution >= 0.6 is 0 Å². The third-order valence-electron chi connectivity index (χ3n) is 3.95. The lowest BCUT2D eigenvalue weighted by Crippen LogP contribution is -2.36. The molecule has 1 aliphatic heterocycles. The van der Waals surface area contributed by atoms with Crippen LogP contribution in [0.3, 0.4) is 0 Å². The zero-order valence-electron chi connectivity index (χ0n) is 12.2. The number of carbonyl (C=O) groups excluding carboxylic acids is 1. The van der Waals surface area contributed by atoms with Crippen LogP contribution in [0, 0.1) is 13.8 Å². The molecule has 0 atom stereocenters. The molecule has 0 saturated carbocycles. The Hall–Kier alpha value is -1.51. The number of methoxy groups -OCH3 is 1. The Balaban J connectivity index is 2.13. The van der Waals surface area contributed by atoms with Crippen molar-refractivity contribution in [2.24, 2.45) is 0 Å². The fourth-order valence-electron chi connectivity index (χ4n) is 2.60. The molecule has 3 heteroatoms. The minimum absolute atomic E-state index is 0.223. The molecule has 0 spiro atoms. The summed E-state index contributed by atoms with van der Waals surface area (Å²) >= 11 is 0. The SMILES string of the molecule is COc1cc(C)c(C)cc1CC(=O)N1CCCCC1. The highest BCUT2D eigenvalue weighted by Crippen LogP contribution is 2.24. The Kier molecular flexibility index (Phi) is 4.46. The van der Waals surface area contributed by atoms with Crippen LogP contribution in [0.25, 0.3) is 0 Å². The molecular weight excluding hydrogens is 238 g/mol.